The number of aryl methyl sites for hydroxylation is 1. The maximum Gasteiger partial charge on any atom is 0.355 e. The van der Waals surface area contributed by atoms with Crippen molar-refractivity contribution < 1.29 is 9.53 Å². The highest BCUT2D eigenvalue weighted by Crippen LogP contribution is 2.14. The number of esters is 1. The summed E-state index contributed by atoms with van der Waals surface area (Å²) < 4.78 is 7.19. The summed E-state index contributed by atoms with van der Waals surface area (Å²) in [4.78, 5) is 12.0. The van der Waals surface area contributed by atoms with Crippen LogP contribution in [0.15, 0.2) is 12.3 Å². The minimum absolute atomic E-state index is 0.275. The Kier molecular flexibility index (Phi) is 5.75. The van der Waals surface area contributed by atoms with Gasteiger partial charge in [-0.25, -0.2) is 4.79 Å². The third-order valence-corrected chi connectivity index (χ3v) is 2.87. The molecule has 0 saturated carbocycles. The van der Waals surface area contributed by atoms with Crippen LogP contribution >= 0.6 is 0 Å². The molecule has 4 heteroatoms. The van der Waals surface area contributed by atoms with Crippen molar-refractivity contribution in [3.63, 3.8) is 0 Å². The second kappa shape index (κ2) is 7.09. The van der Waals surface area contributed by atoms with Gasteiger partial charge in [0, 0.05) is 12.7 Å². The first-order valence-electron chi connectivity index (χ1n) is 6.71. The summed E-state index contributed by atoms with van der Waals surface area (Å²) in [7, 11) is 0. The summed E-state index contributed by atoms with van der Waals surface area (Å²) >= 11 is 0. The van der Waals surface area contributed by atoms with Crippen LogP contribution in [0.1, 0.15) is 50.5 Å². The number of ether oxygens (including phenoxy) is 1. The predicted molar refractivity (Wildman–Crippen MR) is 73.5 cm³/mol. The number of rotatable bonds is 7. The fourth-order valence-corrected chi connectivity index (χ4v) is 2.00. The topological polar surface area (TPSA) is 57.2 Å². The summed E-state index contributed by atoms with van der Waals surface area (Å²) in [6.07, 6.45) is 4.93. The lowest BCUT2D eigenvalue weighted by molar-refractivity contribution is 0.0431. The zero-order valence-electron chi connectivity index (χ0n) is 11.6. The van der Waals surface area contributed by atoms with Gasteiger partial charge in [-0.1, -0.05) is 27.2 Å². The van der Waals surface area contributed by atoms with Gasteiger partial charge in [0.05, 0.1) is 12.3 Å². The van der Waals surface area contributed by atoms with E-state index >= 15 is 0 Å². The molecule has 1 aromatic heterocycles. The van der Waals surface area contributed by atoms with Crippen LogP contribution in [0, 0.1) is 5.92 Å². The second-order valence-electron chi connectivity index (χ2n) is 4.84. The third-order valence-electron chi connectivity index (χ3n) is 2.87. The van der Waals surface area contributed by atoms with Crippen LogP contribution in [0.2, 0.25) is 0 Å². The Balaban J connectivity index is 2.60. The molecule has 18 heavy (non-hydrogen) atoms. The number of carbonyl (C=O) groups is 1. The van der Waals surface area contributed by atoms with Gasteiger partial charge in [-0.3, -0.25) is 0 Å². The number of hydrogen-bond donors (Lipinski definition) is 1. The van der Waals surface area contributed by atoms with Gasteiger partial charge in [0.15, 0.2) is 0 Å². The lowest BCUT2D eigenvalue weighted by Crippen LogP contribution is -2.15. The monoisotopic (exact) mass is 252 g/mol. The van der Waals surface area contributed by atoms with Crippen molar-refractivity contribution >= 4 is 11.7 Å². The Morgan fingerprint density at radius 1 is 1.44 bits per heavy atom. The van der Waals surface area contributed by atoms with Gasteiger partial charge in [0.2, 0.25) is 0 Å². The molecule has 0 bridgehead atoms. The molecule has 1 heterocycles. The zero-order valence-corrected chi connectivity index (χ0v) is 11.6. The lowest BCUT2D eigenvalue weighted by Gasteiger charge is -2.12. The van der Waals surface area contributed by atoms with Gasteiger partial charge in [0.1, 0.15) is 5.69 Å². The second-order valence-corrected chi connectivity index (χ2v) is 4.84. The average Bonchev–Trinajstić information content (AvgIpc) is 2.68. The molecule has 0 aliphatic rings. The average molecular weight is 252 g/mol. The molecule has 1 atom stereocenters. The van der Waals surface area contributed by atoms with Crippen LogP contribution < -0.4 is 5.73 Å². The zero-order chi connectivity index (χ0) is 13.5. The van der Waals surface area contributed by atoms with Gasteiger partial charge < -0.3 is 15.0 Å². The van der Waals surface area contributed by atoms with E-state index in [1.54, 1.807) is 12.3 Å². The predicted octanol–water partition coefficient (Wildman–Crippen LogP) is 3.07. The Labute approximate surface area is 109 Å². The fourth-order valence-electron chi connectivity index (χ4n) is 2.00. The molecule has 0 amide bonds. The normalized spacial score (nSPS) is 12.4. The number of carbonyl (C=O) groups excluding carboxylic acids is 1. The largest absolute Gasteiger partial charge is 0.461 e. The molecular formula is C14H24N2O2. The lowest BCUT2D eigenvalue weighted by atomic mass is 10.1. The molecule has 1 rings (SSSR count). The molecule has 102 valence electrons. The van der Waals surface area contributed by atoms with Gasteiger partial charge in [-0.05, 0) is 24.8 Å². The molecule has 2 N–H and O–H groups in total. The van der Waals surface area contributed by atoms with E-state index in [9.17, 15) is 4.79 Å². The van der Waals surface area contributed by atoms with Gasteiger partial charge in [0.25, 0.3) is 0 Å². The number of nitrogens with two attached hydrogens (primary N) is 1. The van der Waals surface area contributed by atoms with E-state index in [-0.39, 0.29) is 5.97 Å². The SMILES string of the molecule is CCCC(C)COC(=O)c1cc(N)cn1CCC. The van der Waals surface area contributed by atoms with Crippen molar-refractivity contribution in [2.24, 2.45) is 5.92 Å². The molecular weight excluding hydrogens is 228 g/mol. The number of hydrogen-bond acceptors (Lipinski definition) is 3. The maximum absolute atomic E-state index is 12.0. The van der Waals surface area contributed by atoms with Crippen LogP contribution in [0.3, 0.4) is 0 Å². The molecule has 0 radical (unpaired) electrons. The van der Waals surface area contributed by atoms with Gasteiger partial charge >= 0.3 is 5.97 Å². The molecule has 0 saturated heterocycles. The van der Waals surface area contributed by atoms with E-state index in [2.05, 4.69) is 20.8 Å². The summed E-state index contributed by atoms with van der Waals surface area (Å²) in [6.45, 7) is 7.55. The van der Waals surface area contributed by atoms with E-state index in [4.69, 9.17) is 10.5 Å². The number of nitrogens with zero attached hydrogens (tertiary/aromatic N) is 1. The highest BCUT2D eigenvalue weighted by atomic mass is 16.5. The molecule has 4 nitrogen and oxygen atoms in total. The molecule has 0 fully saturated rings. The minimum atomic E-state index is -0.275. The standard InChI is InChI=1S/C14H24N2O2/c1-4-6-11(3)10-18-14(17)13-8-12(15)9-16(13)7-5-2/h8-9,11H,4-7,10,15H2,1-3H3. The van der Waals surface area contributed by atoms with Crippen LogP contribution in [-0.4, -0.2) is 17.1 Å². The quantitative estimate of drug-likeness (QED) is 0.759. The first kappa shape index (κ1) is 14.6. The van der Waals surface area contributed by atoms with Crippen LogP contribution in [-0.2, 0) is 11.3 Å². The summed E-state index contributed by atoms with van der Waals surface area (Å²) in [5.41, 5.74) is 6.88. The number of nitrogen functional groups attached to an aromatic ring is 1. The van der Waals surface area contributed by atoms with Crippen molar-refractivity contribution in [1.82, 2.24) is 4.57 Å². The molecule has 0 aliphatic carbocycles. The smallest absolute Gasteiger partial charge is 0.355 e. The molecule has 0 aromatic carbocycles. The summed E-state index contributed by atoms with van der Waals surface area (Å²) in [5, 5.41) is 0. The van der Waals surface area contributed by atoms with Crippen molar-refractivity contribution in [3.05, 3.63) is 18.0 Å². The Morgan fingerprint density at radius 2 is 2.17 bits per heavy atom. The van der Waals surface area contributed by atoms with Crippen molar-refractivity contribution in [2.75, 3.05) is 12.3 Å². The summed E-state index contributed by atoms with van der Waals surface area (Å²) in [5.74, 6) is 0.133. The van der Waals surface area contributed by atoms with Crippen LogP contribution in [0.4, 0.5) is 5.69 Å². The van der Waals surface area contributed by atoms with Crippen molar-refractivity contribution in [3.8, 4) is 0 Å². The third kappa shape index (κ3) is 4.09. The van der Waals surface area contributed by atoms with E-state index in [0.29, 0.717) is 23.9 Å². The molecule has 0 aliphatic heterocycles. The van der Waals surface area contributed by atoms with Crippen molar-refractivity contribution in [2.45, 2.75) is 46.6 Å². The van der Waals surface area contributed by atoms with Crippen LogP contribution in [0.25, 0.3) is 0 Å². The number of aromatic nitrogens is 1. The van der Waals surface area contributed by atoms with Gasteiger partial charge in [-0.15, -0.1) is 0 Å². The molecule has 1 aromatic rings. The fraction of sp³-hybridized carbons (Fsp3) is 0.643. The van der Waals surface area contributed by atoms with E-state index < -0.39 is 0 Å². The first-order valence-corrected chi connectivity index (χ1v) is 6.71. The highest BCUT2D eigenvalue weighted by molar-refractivity contribution is 5.89. The Hall–Kier alpha value is -1.45. The van der Waals surface area contributed by atoms with Gasteiger partial charge in [-0.2, -0.15) is 0 Å². The number of anilines is 1. The molecule has 1 unspecified atom stereocenters. The van der Waals surface area contributed by atoms with E-state index in [0.717, 1.165) is 25.8 Å². The minimum Gasteiger partial charge on any atom is -0.461 e. The molecule has 0 spiro atoms. The highest BCUT2D eigenvalue weighted by Gasteiger charge is 2.15. The van der Waals surface area contributed by atoms with E-state index in [1.807, 2.05) is 4.57 Å². The summed E-state index contributed by atoms with van der Waals surface area (Å²) in [6, 6.07) is 1.68. The maximum atomic E-state index is 12.0. The Bertz CT molecular complexity index is 385. The Morgan fingerprint density at radius 3 is 2.78 bits per heavy atom. The van der Waals surface area contributed by atoms with Crippen molar-refractivity contribution in [1.29, 1.82) is 0 Å². The first-order chi connectivity index (χ1) is 8.58. The van der Waals surface area contributed by atoms with Crippen LogP contribution in [0.5, 0.6) is 0 Å². The van der Waals surface area contributed by atoms with E-state index in [1.165, 1.54) is 0 Å².